The van der Waals surface area contributed by atoms with Crippen LogP contribution in [0.15, 0.2) is 36.5 Å². The van der Waals surface area contributed by atoms with Gasteiger partial charge < -0.3 is 10.1 Å². The smallest absolute Gasteiger partial charge is 0.203 e. The van der Waals surface area contributed by atoms with Crippen molar-refractivity contribution < 1.29 is 4.74 Å². The van der Waals surface area contributed by atoms with Gasteiger partial charge in [-0.15, -0.1) is 10.2 Å². The van der Waals surface area contributed by atoms with Crippen LogP contribution >= 0.6 is 0 Å². The van der Waals surface area contributed by atoms with Crippen LogP contribution in [-0.4, -0.2) is 36.4 Å². The second-order valence-electron chi connectivity index (χ2n) is 5.97. The van der Waals surface area contributed by atoms with Crippen molar-refractivity contribution in [2.24, 2.45) is 7.05 Å². The zero-order valence-corrected chi connectivity index (χ0v) is 15.1. The predicted molar refractivity (Wildman–Crippen MR) is 98.5 cm³/mol. The SMILES string of the molecule is CNc1nc(-c2nn(C)c(C)c2Oc2ccccc2)cn2c(C)nnc12. The van der Waals surface area contributed by atoms with Crippen LogP contribution in [-0.2, 0) is 7.05 Å². The molecule has 0 atom stereocenters. The van der Waals surface area contributed by atoms with Gasteiger partial charge in [-0.1, -0.05) is 18.2 Å². The van der Waals surface area contributed by atoms with Gasteiger partial charge in [0.25, 0.3) is 0 Å². The van der Waals surface area contributed by atoms with Gasteiger partial charge in [0.05, 0.1) is 5.69 Å². The highest BCUT2D eigenvalue weighted by Crippen LogP contribution is 2.35. The predicted octanol–water partition coefficient (Wildman–Crippen LogP) is 2.98. The van der Waals surface area contributed by atoms with E-state index in [1.54, 1.807) is 11.7 Å². The summed E-state index contributed by atoms with van der Waals surface area (Å²) < 4.78 is 9.81. The van der Waals surface area contributed by atoms with Gasteiger partial charge in [-0.25, -0.2) is 4.98 Å². The van der Waals surface area contributed by atoms with E-state index in [0.717, 1.165) is 17.3 Å². The van der Waals surface area contributed by atoms with Gasteiger partial charge in [0, 0.05) is 20.3 Å². The van der Waals surface area contributed by atoms with E-state index in [9.17, 15) is 0 Å². The molecule has 132 valence electrons. The van der Waals surface area contributed by atoms with Crippen LogP contribution in [0.25, 0.3) is 17.0 Å². The summed E-state index contributed by atoms with van der Waals surface area (Å²) in [5.41, 5.74) is 2.93. The Labute approximate surface area is 150 Å². The maximum absolute atomic E-state index is 6.13. The Bertz CT molecular complexity index is 1080. The molecule has 1 aromatic carbocycles. The normalized spacial score (nSPS) is 11.1. The number of aryl methyl sites for hydroxylation is 2. The second-order valence-corrected chi connectivity index (χ2v) is 5.97. The molecule has 8 heteroatoms. The highest BCUT2D eigenvalue weighted by atomic mass is 16.5. The zero-order valence-electron chi connectivity index (χ0n) is 15.1. The molecule has 3 aromatic heterocycles. The molecule has 8 nitrogen and oxygen atoms in total. The number of nitrogens with one attached hydrogen (secondary N) is 1. The lowest BCUT2D eigenvalue weighted by atomic mass is 10.2. The number of anilines is 1. The number of rotatable bonds is 4. The minimum atomic E-state index is 0.636. The van der Waals surface area contributed by atoms with Gasteiger partial charge in [0.2, 0.25) is 5.65 Å². The van der Waals surface area contributed by atoms with Crippen molar-refractivity contribution >= 4 is 11.5 Å². The standard InChI is InChI=1S/C18H19N7O/c1-11-16(26-13-8-6-5-7-9-13)15(23-24(11)4)14-10-25-12(2)21-22-18(25)17(19-3)20-14/h5-10H,1-4H3,(H,19,20). The van der Waals surface area contributed by atoms with Gasteiger partial charge in [-0.05, 0) is 26.0 Å². The monoisotopic (exact) mass is 349 g/mol. The van der Waals surface area contributed by atoms with Crippen LogP contribution in [0.2, 0.25) is 0 Å². The van der Waals surface area contributed by atoms with Crippen molar-refractivity contribution in [2.75, 3.05) is 12.4 Å². The first-order chi connectivity index (χ1) is 12.6. The Morgan fingerprint density at radius 3 is 2.58 bits per heavy atom. The van der Waals surface area contributed by atoms with Crippen LogP contribution in [0, 0.1) is 13.8 Å². The molecular weight excluding hydrogens is 330 g/mol. The van der Waals surface area contributed by atoms with Crippen molar-refractivity contribution in [1.29, 1.82) is 0 Å². The second kappa shape index (κ2) is 6.14. The first-order valence-electron chi connectivity index (χ1n) is 8.25. The fourth-order valence-electron chi connectivity index (χ4n) is 2.77. The topological polar surface area (TPSA) is 82.2 Å². The molecule has 0 unspecified atom stereocenters. The summed E-state index contributed by atoms with van der Waals surface area (Å²) >= 11 is 0. The van der Waals surface area contributed by atoms with Crippen LogP contribution in [0.4, 0.5) is 5.82 Å². The van der Waals surface area contributed by atoms with E-state index in [4.69, 9.17) is 4.74 Å². The first kappa shape index (κ1) is 16.1. The van der Waals surface area contributed by atoms with E-state index >= 15 is 0 Å². The number of aromatic nitrogens is 6. The molecule has 4 rings (SSSR count). The van der Waals surface area contributed by atoms with E-state index < -0.39 is 0 Å². The highest BCUT2D eigenvalue weighted by Gasteiger charge is 2.21. The molecule has 0 aliphatic carbocycles. The molecule has 0 aliphatic rings. The van der Waals surface area contributed by atoms with E-state index in [2.05, 4.69) is 25.6 Å². The molecule has 0 bridgehead atoms. The Hall–Kier alpha value is -3.42. The number of hydrogen-bond acceptors (Lipinski definition) is 6. The average molecular weight is 349 g/mol. The largest absolute Gasteiger partial charge is 0.453 e. The quantitative estimate of drug-likeness (QED) is 0.610. The van der Waals surface area contributed by atoms with Crippen molar-refractivity contribution in [2.45, 2.75) is 13.8 Å². The number of ether oxygens (including phenoxy) is 1. The molecule has 0 aliphatic heterocycles. The molecule has 26 heavy (non-hydrogen) atoms. The summed E-state index contributed by atoms with van der Waals surface area (Å²) in [4.78, 5) is 4.67. The third-order valence-corrected chi connectivity index (χ3v) is 4.28. The lowest BCUT2D eigenvalue weighted by Gasteiger charge is -2.09. The Morgan fingerprint density at radius 2 is 1.85 bits per heavy atom. The van der Waals surface area contributed by atoms with Crippen LogP contribution in [0.5, 0.6) is 11.5 Å². The molecule has 0 amide bonds. The molecule has 4 aromatic rings. The minimum Gasteiger partial charge on any atom is -0.453 e. The van der Waals surface area contributed by atoms with Crippen LogP contribution < -0.4 is 10.1 Å². The van der Waals surface area contributed by atoms with E-state index in [-0.39, 0.29) is 0 Å². The number of benzene rings is 1. The minimum absolute atomic E-state index is 0.636. The van der Waals surface area contributed by atoms with E-state index in [1.807, 2.05) is 61.8 Å². The Balaban J connectivity index is 1.89. The summed E-state index contributed by atoms with van der Waals surface area (Å²) in [6, 6.07) is 9.65. The maximum Gasteiger partial charge on any atom is 0.203 e. The van der Waals surface area contributed by atoms with E-state index in [0.29, 0.717) is 28.6 Å². The molecular formula is C18H19N7O. The fraction of sp³-hybridized carbons (Fsp3) is 0.222. The molecule has 0 spiro atoms. The van der Waals surface area contributed by atoms with Crippen molar-refractivity contribution in [3.8, 4) is 22.9 Å². The number of fused-ring (bicyclic) bond motifs is 1. The molecule has 3 heterocycles. The lowest BCUT2D eigenvalue weighted by molar-refractivity contribution is 0.478. The summed E-state index contributed by atoms with van der Waals surface area (Å²) in [7, 11) is 3.69. The molecule has 0 radical (unpaired) electrons. The third-order valence-electron chi connectivity index (χ3n) is 4.28. The molecule has 1 N–H and O–H groups in total. The van der Waals surface area contributed by atoms with Gasteiger partial charge >= 0.3 is 0 Å². The summed E-state index contributed by atoms with van der Waals surface area (Å²) in [5, 5.41) is 16.0. The number of nitrogens with zero attached hydrogens (tertiary/aromatic N) is 6. The molecule has 0 saturated carbocycles. The van der Waals surface area contributed by atoms with Crippen LogP contribution in [0.3, 0.4) is 0 Å². The zero-order chi connectivity index (χ0) is 18.3. The summed E-state index contributed by atoms with van der Waals surface area (Å²) in [6.45, 7) is 3.87. The molecule has 0 saturated heterocycles. The van der Waals surface area contributed by atoms with Crippen molar-refractivity contribution in [3.05, 3.63) is 48.0 Å². The summed E-state index contributed by atoms with van der Waals surface area (Å²) in [5.74, 6) is 2.84. The van der Waals surface area contributed by atoms with Gasteiger partial charge in [0.15, 0.2) is 17.3 Å². The van der Waals surface area contributed by atoms with Gasteiger partial charge in [-0.3, -0.25) is 9.08 Å². The van der Waals surface area contributed by atoms with Crippen molar-refractivity contribution in [1.82, 2.24) is 29.4 Å². The Kier molecular flexibility index (Phi) is 3.80. The average Bonchev–Trinajstić information content (AvgIpc) is 3.17. The maximum atomic E-state index is 6.13. The highest BCUT2D eigenvalue weighted by molar-refractivity contribution is 5.71. The van der Waals surface area contributed by atoms with E-state index in [1.165, 1.54) is 0 Å². The van der Waals surface area contributed by atoms with Crippen LogP contribution in [0.1, 0.15) is 11.5 Å². The summed E-state index contributed by atoms with van der Waals surface area (Å²) in [6.07, 6.45) is 1.88. The third kappa shape index (κ3) is 2.55. The fourth-order valence-corrected chi connectivity index (χ4v) is 2.77. The van der Waals surface area contributed by atoms with Gasteiger partial charge in [-0.2, -0.15) is 5.10 Å². The molecule has 0 fully saturated rings. The lowest BCUT2D eigenvalue weighted by Crippen LogP contribution is -2.01. The number of hydrogen-bond donors (Lipinski definition) is 1. The van der Waals surface area contributed by atoms with Gasteiger partial charge in [0.1, 0.15) is 17.3 Å². The van der Waals surface area contributed by atoms with Crippen molar-refractivity contribution in [3.63, 3.8) is 0 Å². The first-order valence-corrected chi connectivity index (χ1v) is 8.25. The number of para-hydroxylation sites is 1. The Morgan fingerprint density at radius 1 is 1.08 bits per heavy atom.